The summed E-state index contributed by atoms with van der Waals surface area (Å²) in [7, 11) is 1.71. The Morgan fingerprint density at radius 1 is 0.968 bits per heavy atom. The first-order valence-electron chi connectivity index (χ1n) is 10.9. The van der Waals surface area contributed by atoms with Crippen molar-refractivity contribution in [2.75, 3.05) is 13.7 Å². The van der Waals surface area contributed by atoms with E-state index in [9.17, 15) is 0 Å². The Morgan fingerprint density at radius 2 is 1.90 bits per heavy atom. The van der Waals surface area contributed by atoms with Gasteiger partial charge in [-0.05, 0) is 72.8 Å². The number of fused-ring (bicyclic) bond motifs is 1. The van der Waals surface area contributed by atoms with Crippen LogP contribution in [0.3, 0.4) is 0 Å². The van der Waals surface area contributed by atoms with E-state index in [1.165, 1.54) is 34.2 Å². The number of rotatable bonds is 6. The molecule has 0 aliphatic carbocycles. The van der Waals surface area contributed by atoms with Crippen LogP contribution in [0.1, 0.15) is 41.3 Å². The third-order valence-electron chi connectivity index (χ3n) is 6.21. The van der Waals surface area contributed by atoms with Crippen molar-refractivity contribution in [1.29, 1.82) is 0 Å². The number of nitrogens with zero attached hydrogens (tertiary/aromatic N) is 3. The number of benzene rings is 2. The molecule has 1 fully saturated rings. The molecule has 0 saturated carbocycles. The van der Waals surface area contributed by atoms with Crippen LogP contribution in [0.15, 0.2) is 79.1 Å². The summed E-state index contributed by atoms with van der Waals surface area (Å²) in [5.41, 5.74) is 6.04. The van der Waals surface area contributed by atoms with Gasteiger partial charge in [-0.15, -0.1) is 0 Å². The Bertz CT molecular complexity index is 1170. The predicted molar refractivity (Wildman–Crippen MR) is 124 cm³/mol. The second-order valence-corrected chi connectivity index (χ2v) is 8.24. The van der Waals surface area contributed by atoms with Crippen LogP contribution >= 0.6 is 0 Å². The maximum atomic E-state index is 5.34. The molecule has 4 aromatic rings. The van der Waals surface area contributed by atoms with Crippen molar-refractivity contribution in [2.24, 2.45) is 0 Å². The zero-order valence-corrected chi connectivity index (χ0v) is 17.9. The lowest BCUT2D eigenvalue weighted by Gasteiger charge is -2.24. The van der Waals surface area contributed by atoms with Crippen LogP contribution in [0.25, 0.3) is 10.9 Å². The van der Waals surface area contributed by atoms with Gasteiger partial charge in [0.2, 0.25) is 0 Å². The van der Waals surface area contributed by atoms with Gasteiger partial charge in [0.15, 0.2) is 0 Å². The second-order valence-electron chi connectivity index (χ2n) is 8.24. The fourth-order valence-electron chi connectivity index (χ4n) is 4.62. The first kappa shape index (κ1) is 19.7. The van der Waals surface area contributed by atoms with Crippen LogP contribution in [0, 0.1) is 0 Å². The average Bonchev–Trinajstić information content (AvgIpc) is 3.28. The molecule has 31 heavy (non-hydrogen) atoms. The summed E-state index contributed by atoms with van der Waals surface area (Å²) in [5, 5.41) is 1.25. The first-order valence-corrected chi connectivity index (χ1v) is 10.9. The SMILES string of the molecule is COc1cccc(Cc2ccc([C@H]3CCCN3Cc3ccnc4ccccc34)nc2)c1. The topological polar surface area (TPSA) is 38.2 Å². The largest absolute Gasteiger partial charge is 0.497 e. The molecular weight excluding hydrogens is 382 g/mol. The van der Waals surface area contributed by atoms with Crippen LogP contribution in [-0.4, -0.2) is 28.5 Å². The molecule has 2 aromatic heterocycles. The van der Waals surface area contributed by atoms with Gasteiger partial charge < -0.3 is 4.74 Å². The lowest BCUT2D eigenvalue weighted by molar-refractivity contribution is 0.245. The van der Waals surface area contributed by atoms with Gasteiger partial charge in [-0.3, -0.25) is 14.9 Å². The van der Waals surface area contributed by atoms with Crippen molar-refractivity contribution >= 4 is 10.9 Å². The van der Waals surface area contributed by atoms with Crippen molar-refractivity contribution < 1.29 is 4.74 Å². The smallest absolute Gasteiger partial charge is 0.119 e. The summed E-state index contributed by atoms with van der Waals surface area (Å²) in [6.45, 7) is 2.04. The molecule has 1 saturated heterocycles. The van der Waals surface area contributed by atoms with Crippen molar-refractivity contribution in [1.82, 2.24) is 14.9 Å². The molecule has 0 bridgehead atoms. The molecule has 5 rings (SSSR count). The number of ether oxygens (including phenoxy) is 1. The molecular formula is C27H27N3O. The quantitative estimate of drug-likeness (QED) is 0.417. The minimum atomic E-state index is 0.373. The van der Waals surface area contributed by atoms with Gasteiger partial charge in [-0.25, -0.2) is 0 Å². The summed E-state index contributed by atoms with van der Waals surface area (Å²) in [5.74, 6) is 0.896. The molecule has 0 spiro atoms. The number of para-hydroxylation sites is 1. The van der Waals surface area contributed by atoms with Crippen molar-refractivity contribution in [2.45, 2.75) is 31.8 Å². The Morgan fingerprint density at radius 3 is 2.77 bits per heavy atom. The normalized spacial score (nSPS) is 16.6. The van der Waals surface area contributed by atoms with E-state index in [1.807, 2.05) is 24.5 Å². The molecule has 0 radical (unpaired) electrons. The zero-order valence-electron chi connectivity index (χ0n) is 17.9. The molecule has 1 aliphatic rings. The number of pyridine rings is 2. The summed E-state index contributed by atoms with van der Waals surface area (Å²) in [6, 6.07) is 23.6. The molecule has 4 nitrogen and oxygen atoms in total. The van der Waals surface area contributed by atoms with Crippen molar-refractivity contribution in [3.63, 3.8) is 0 Å². The standard InChI is InChI=1S/C27H27N3O/c1-31-23-7-4-6-20(17-23)16-21-11-12-26(29-18-21)27-10-5-15-30(27)19-22-13-14-28-25-9-3-2-8-24(22)25/h2-4,6-9,11-14,17-18,27H,5,10,15-16,19H2,1H3/t27-/m1/s1. The Hall–Kier alpha value is -3.24. The highest BCUT2D eigenvalue weighted by atomic mass is 16.5. The molecule has 1 aliphatic heterocycles. The molecule has 1 atom stereocenters. The lowest BCUT2D eigenvalue weighted by Crippen LogP contribution is -2.23. The molecule has 0 amide bonds. The fourth-order valence-corrected chi connectivity index (χ4v) is 4.62. The van der Waals surface area contributed by atoms with Crippen LogP contribution in [0.5, 0.6) is 5.75 Å². The zero-order chi connectivity index (χ0) is 21.0. The van der Waals surface area contributed by atoms with E-state index >= 15 is 0 Å². The third kappa shape index (κ3) is 4.30. The lowest BCUT2D eigenvalue weighted by atomic mass is 10.0. The van der Waals surface area contributed by atoms with E-state index in [0.717, 1.165) is 37.2 Å². The van der Waals surface area contributed by atoms with E-state index in [0.29, 0.717) is 6.04 Å². The van der Waals surface area contributed by atoms with Gasteiger partial charge in [0, 0.05) is 24.3 Å². The number of aromatic nitrogens is 2. The second kappa shape index (κ2) is 8.86. The highest BCUT2D eigenvalue weighted by molar-refractivity contribution is 5.81. The average molecular weight is 410 g/mol. The van der Waals surface area contributed by atoms with E-state index in [4.69, 9.17) is 9.72 Å². The molecule has 3 heterocycles. The van der Waals surface area contributed by atoms with Gasteiger partial charge in [-0.1, -0.05) is 36.4 Å². The minimum absolute atomic E-state index is 0.373. The summed E-state index contributed by atoms with van der Waals surface area (Å²) < 4.78 is 5.34. The number of methoxy groups -OCH3 is 1. The first-order chi connectivity index (χ1) is 15.3. The Labute approximate surface area is 183 Å². The van der Waals surface area contributed by atoms with E-state index in [1.54, 1.807) is 7.11 Å². The molecule has 0 N–H and O–H groups in total. The Balaban J connectivity index is 1.32. The van der Waals surface area contributed by atoms with E-state index in [2.05, 4.69) is 64.5 Å². The number of hydrogen-bond acceptors (Lipinski definition) is 4. The predicted octanol–water partition coefficient (Wildman–Crippen LogP) is 5.57. The maximum Gasteiger partial charge on any atom is 0.119 e. The molecule has 0 unspecified atom stereocenters. The van der Waals surface area contributed by atoms with Crippen molar-refractivity contribution in [3.8, 4) is 5.75 Å². The summed E-state index contributed by atoms with van der Waals surface area (Å²) >= 11 is 0. The van der Waals surface area contributed by atoms with Gasteiger partial charge in [0.25, 0.3) is 0 Å². The molecule has 2 aromatic carbocycles. The number of hydrogen-bond donors (Lipinski definition) is 0. The van der Waals surface area contributed by atoms with Gasteiger partial charge >= 0.3 is 0 Å². The van der Waals surface area contributed by atoms with Gasteiger partial charge in [-0.2, -0.15) is 0 Å². The minimum Gasteiger partial charge on any atom is -0.497 e. The summed E-state index contributed by atoms with van der Waals surface area (Å²) in [4.78, 5) is 11.9. The third-order valence-corrected chi connectivity index (χ3v) is 6.21. The fraction of sp³-hybridized carbons (Fsp3) is 0.259. The molecule has 4 heteroatoms. The van der Waals surface area contributed by atoms with Gasteiger partial charge in [0.05, 0.1) is 24.4 Å². The van der Waals surface area contributed by atoms with E-state index in [-0.39, 0.29) is 0 Å². The number of likely N-dealkylation sites (tertiary alicyclic amines) is 1. The van der Waals surface area contributed by atoms with Crippen LogP contribution in [0.4, 0.5) is 0 Å². The highest BCUT2D eigenvalue weighted by Crippen LogP contribution is 2.33. The molecule has 156 valence electrons. The van der Waals surface area contributed by atoms with Crippen molar-refractivity contribution in [3.05, 3.63) is 102 Å². The highest BCUT2D eigenvalue weighted by Gasteiger charge is 2.27. The van der Waals surface area contributed by atoms with Crippen LogP contribution in [0.2, 0.25) is 0 Å². The van der Waals surface area contributed by atoms with Crippen LogP contribution < -0.4 is 4.74 Å². The maximum absolute atomic E-state index is 5.34. The van der Waals surface area contributed by atoms with Crippen LogP contribution in [-0.2, 0) is 13.0 Å². The van der Waals surface area contributed by atoms with E-state index < -0.39 is 0 Å². The monoisotopic (exact) mass is 409 g/mol. The Kier molecular flexibility index (Phi) is 5.63. The van der Waals surface area contributed by atoms with Gasteiger partial charge in [0.1, 0.15) is 5.75 Å². The summed E-state index contributed by atoms with van der Waals surface area (Å²) in [6.07, 6.45) is 7.19.